The molecule has 0 saturated heterocycles. The molecule has 20 heavy (non-hydrogen) atoms. The molecule has 4 nitrogen and oxygen atoms in total. The maximum Gasteiger partial charge on any atom is 0.258 e. The molecule has 1 atom stereocenters. The second-order valence-electron chi connectivity index (χ2n) is 4.42. The first-order chi connectivity index (χ1) is 9.74. The van der Waals surface area contributed by atoms with E-state index in [1.54, 1.807) is 0 Å². The van der Waals surface area contributed by atoms with Crippen molar-refractivity contribution in [2.24, 2.45) is 5.73 Å². The number of hydrogen-bond donors (Lipinski definition) is 2. The molecule has 104 valence electrons. The fourth-order valence-corrected chi connectivity index (χ4v) is 2.01. The van der Waals surface area contributed by atoms with Crippen molar-refractivity contribution in [2.75, 3.05) is 12.4 Å². The molecule has 0 bridgehead atoms. The molecule has 0 saturated carbocycles. The van der Waals surface area contributed by atoms with E-state index in [0.717, 1.165) is 16.8 Å². The summed E-state index contributed by atoms with van der Waals surface area (Å²) in [4.78, 5) is 12.3. The first kappa shape index (κ1) is 14.2. The number of amides is 1. The molecule has 2 rings (SSSR count). The summed E-state index contributed by atoms with van der Waals surface area (Å²) in [7, 11) is 1.52. The highest BCUT2D eigenvalue weighted by atomic mass is 16.5. The number of ether oxygens (including phenoxy) is 1. The van der Waals surface area contributed by atoms with Crippen LogP contribution in [0.25, 0.3) is 0 Å². The van der Waals surface area contributed by atoms with Gasteiger partial charge in [-0.1, -0.05) is 42.5 Å². The van der Waals surface area contributed by atoms with Gasteiger partial charge in [0.25, 0.3) is 5.91 Å². The lowest BCUT2D eigenvalue weighted by Gasteiger charge is -2.16. The Balaban J connectivity index is 2.13. The standard InChI is InChI=1S/C16H18N2O2/c1-20-15(13-7-3-2-4-8-13)16(19)18-14-9-5-6-12(10-14)11-17/h2-10,15H,11,17H2,1H3,(H,18,19). The van der Waals surface area contributed by atoms with Crippen LogP contribution in [0.5, 0.6) is 0 Å². The fourth-order valence-electron chi connectivity index (χ4n) is 2.01. The van der Waals surface area contributed by atoms with Crippen molar-refractivity contribution in [2.45, 2.75) is 12.6 Å². The Kier molecular flexibility index (Phi) is 4.87. The van der Waals surface area contributed by atoms with Crippen molar-refractivity contribution in [3.05, 3.63) is 65.7 Å². The Morgan fingerprint density at radius 2 is 1.95 bits per heavy atom. The van der Waals surface area contributed by atoms with Crippen molar-refractivity contribution in [1.29, 1.82) is 0 Å². The normalized spacial score (nSPS) is 11.9. The summed E-state index contributed by atoms with van der Waals surface area (Å²) in [5.41, 5.74) is 8.10. The van der Waals surface area contributed by atoms with Crippen LogP contribution in [0, 0.1) is 0 Å². The molecule has 0 fully saturated rings. The minimum Gasteiger partial charge on any atom is -0.367 e. The van der Waals surface area contributed by atoms with Gasteiger partial charge in [-0.3, -0.25) is 4.79 Å². The highest BCUT2D eigenvalue weighted by molar-refractivity contribution is 5.94. The van der Waals surface area contributed by atoms with Crippen LogP contribution >= 0.6 is 0 Å². The topological polar surface area (TPSA) is 64.3 Å². The zero-order valence-corrected chi connectivity index (χ0v) is 11.4. The van der Waals surface area contributed by atoms with E-state index in [9.17, 15) is 4.79 Å². The number of nitrogens with two attached hydrogens (primary N) is 1. The molecule has 3 N–H and O–H groups in total. The number of benzene rings is 2. The summed E-state index contributed by atoms with van der Waals surface area (Å²) in [6, 6.07) is 16.9. The Morgan fingerprint density at radius 1 is 1.20 bits per heavy atom. The molecule has 0 aromatic heterocycles. The van der Waals surface area contributed by atoms with E-state index in [-0.39, 0.29) is 5.91 Å². The van der Waals surface area contributed by atoms with Gasteiger partial charge in [0, 0.05) is 19.3 Å². The number of carbonyl (C=O) groups is 1. The number of carbonyl (C=O) groups excluding carboxylic acids is 1. The zero-order valence-electron chi connectivity index (χ0n) is 11.4. The lowest BCUT2D eigenvalue weighted by Crippen LogP contribution is -2.22. The van der Waals surface area contributed by atoms with Gasteiger partial charge in [0.15, 0.2) is 6.10 Å². The van der Waals surface area contributed by atoms with Crippen LogP contribution in [-0.2, 0) is 16.1 Å². The molecule has 0 radical (unpaired) electrons. The van der Waals surface area contributed by atoms with Gasteiger partial charge in [0.2, 0.25) is 0 Å². The third kappa shape index (κ3) is 3.44. The van der Waals surface area contributed by atoms with Gasteiger partial charge in [-0.05, 0) is 23.3 Å². The van der Waals surface area contributed by atoms with Crippen molar-refractivity contribution in [3.8, 4) is 0 Å². The van der Waals surface area contributed by atoms with Gasteiger partial charge in [0.05, 0.1) is 0 Å². The first-order valence-electron chi connectivity index (χ1n) is 6.42. The quantitative estimate of drug-likeness (QED) is 0.877. The summed E-state index contributed by atoms with van der Waals surface area (Å²) in [6.07, 6.45) is -0.627. The van der Waals surface area contributed by atoms with Crippen LogP contribution in [0.1, 0.15) is 17.2 Å². The number of anilines is 1. The maximum atomic E-state index is 12.3. The Morgan fingerprint density at radius 3 is 2.60 bits per heavy atom. The number of hydrogen-bond acceptors (Lipinski definition) is 3. The number of rotatable bonds is 5. The molecule has 1 unspecified atom stereocenters. The van der Waals surface area contributed by atoms with Crippen LogP contribution in [0.4, 0.5) is 5.69 Å². The highest BCUT2D eigenvalue weighted by Crippen LogP contribution is 2.19. The van der Waals surface area contributed by atoms with Gasteiger partial charge in [-0.2, -0.15) is 0 Å². The van der Waals surface area contributed by atoms with E-state index in [1.807, 2.05) is 54.6 Å². The average molecular weight is 270 g/mol. The summed E-state index contributed by atoms with van der Waals surface area (Å²) >= 11 is 0. The Labute approximate surface area is 118 Å². The van der Waals surface area contributed by atoms with Crippen molar-refractivity contribution in [1.82, 2.24) is 0 Å². The molecular weight excluding hydrogens is 252 g/mol. The molecule has 0 aliphatic rings. The largest absolute Gasteiger partial charge is 0.367 e. The van der Waals surface area contributed by atoms with Crippen LogP contribution < -0.4 is 11.1 Å². The van der Waals surface area contributed by atoms with Crippen molar-refractivity contribution >= 4 is 11.6 Å². The van der Waals surface area contributed by atoms with E-state index in [1.165, 1.54) is 7.11 Å². The predicted molar refractivity (Wildman–Crippen MR) is 79.2 cm³/mol. The lowest BCUT2D eigenvalue weighted by atomic mass is 10.1. The number of methoxy groups -OCH3 is 1. The van der Waals surface area contributed by atoms with Crippen molar-refractivity contribution in [3.63, 3.8) is 0 Å². The fraction of sp³-hybridized carbons (Fsp3) is 0.188. The van der Waals surface area contributed by atoms with Gasteiger partial charge in [-0.15, -0.1) is 0 Å². The molecular formula is C16H18N2O2. The number of nitrogens with one attached hydrogen (secondary N) is 1. The second kappa shape index (κ2) is 6.84. The molecule has 1 amide bonds. The molecule has 0 aliphatic heterocycles. The van der Waals surface area contributed by atoms with E-state index in [0.29, 0.717) is 6.54 Å². The highest BCUT2D eigenvalue weighted by Gasteiger charge is 2.19. The van der Waals surface area contributed by atoms with Crippen molar-refractivity contribution < 1.29 is 9.53 Å². The summed E-state index contributed by atoms with van der Waals surface area (Å²) in [5.74, 6) is -0.201. The third-order valence-corrected chi connectivity index (χ3v) is 3.01. The SMILES string of the molecule is COC(C(=O)Nc1cccc(CN)c1)c1ccccc1. The third-order valence-electron chi connectivity index (χ3n) is 3.01. The molecule has 0 spiro atoms. The summed E-state index contributed by atoms with van der Waals surface area (Å²) < 4.78 is 5.29. The average Bonchev–Trinajstić information content (AvgIpc) is 2.49. The molecule has 0 aliphatic carbocycles. The van der Waals surface area contributed by atoms with Crippen LogP contribution in [0.2, 0.25) is 0 Å². The first-order valence-corrected chi connectivity index (χ1v) is 6.42. The Hall–Kier alpha value is -2.17. The maximum absolute atomic E-state index is 12.3. The van der Waals surface area contributed by atoms with E-state index < -0.39 is 6.10 Å². The van der Waals surface area contributed by atoms with E-state index in [2.05, 4.69) is 5.32 Å². The molecule has 2 aromatic carbocycles. The minimum atomic E-state index is -0.627. The second-order valence-corrected chi connectivity index (χ2v) is 4.42. The smallest absolute Gasteiger partial charge is 0.258 e. The predicted octanol–water partition coefficient (Wildman–Crippen LogP) is 2.47. The lowest BCUT2D eigenvalue weighted by molar-refractivity contribution is -0.126. The molecule has 0 heterocycles. The summed E-state index contributed by atoms with van der Waals surface area (Å²) in [6.45, 7) is 0.441. The van der Waals surface area contributed by atoms with Gasteiger partial charge in [0.1, 0.15) is 0 Å². The monoisotopic (exact) mass is 270 g/mol. The van der Waals surface area contributed by atoms with Crippen LogP contribution in [0.3, 0.4) is 0 Å². The van der Waals surface area contributed by atoms with Crippen LogP contribution in [-0.4, -0.2) is 13.0 Å². The van der Waals surface area contributed by atoms with E-state index in [4.69, 9.17) is 10.5 Å². The zero-order chi connectivity index (χ0) is 14.4. The minimum absolute atomic E-state index is 0.201. The van der Waals surface area contributed by atoms with Gasteiger partial charge >= 0.3 is 0 Å². The van der Waals surface area contributed by atoms with Crippen LogP contribution in [0.15, 0.2) is 54.6 Å². The van der Waals surface area contributed by atoms with Gasteiger partial charge < -0.3 is 15.8 Å². The molecule has 2 aromatic rings. The van der Waals surface area contributed by atoms with Gasteiger partial charge in [-0.25, -0.2) is 0 Å². The Bertz CT molecular complexity index is 570. The van der Waals surface area contributed by atoms with E-state index >= 15 is 0 Å². The summed E-state index contributed by atoms with van der Waals surface area (Å²) in [5, 5.41) is 2.85. The molecule has 4 heteroatoms.